The minimum absolute atomic E-state index is 0.846. The molecule has 0 bridgehead atoms. The fourth-order valence-electron chi connectivity index (χ4n) is 2.40. The summed E-state index contributed by atoms with van der Waals surface area (Å²) in [5, 5.41) is 4.64. The maximum Gasteiger partial charge on any atom is 0.0858 e. The van der Waals surface area contributed by atoms with E-state index in [1.54, 1.807) is 0 Å². The van der Waals surface area contributed by atoms with Crippen LogP contribution in [0.3, 0.4) is 0 Å². The highest BCUT2D eigenvalue weighted by atomic mass is 15.3. The highest BCUT2D eigenvalue weighted by Crippen LogP contribution is 2.23. The van der Waals surface area contributed by atoms with E-state index in [1.807, 2.05) is 4.68 Å². The molecule has 3 heteroatoms. The van der Waals surface area contributed by atoms with Crippen LogP contribution < -0.4 is 5.73 Å². The van der Waals surface area contributed by atoms with Crippen molar-refractivity contribution in [2.45, 2.75) is 40.5 Å². The van der Waals surface area contributed by atoms with Crippen LogP contribution in [0.1, 0.15) is 36.4 Å². The minimum atomic E-state index is 0.846. The van der Waals surface area contributed by atoms with Gasteiger partial charge >= 0.3 is 0 Å². The van der Waals surface area contributed by atoms with Crippen molar-refractivity contribution in [2.75, 3.05) is 5.73 Å². The summed E-state index contributed by atoms with van der Waals surface area (Å²) in [7, 11) is 0. The Hall–Kier alpha value is -1.77. The van der Waals surface area contributed by atoms with Crippen molar-refractivity contribution < 1.29 is 0 Å². The third kappa shape index (κ3) is 2.13. The Bertz CT molecular complexity index is 547. The number of anilines is 1. The van der Waals surface area contributed by atoms with E-state index in [4.69, 9.17) is 5.73 Å². The summed E-state index contributed by atoms with van der Waals surface area (Å²) in [6.07, 6.45) is 1.77. The third-order valence-electron chi connectivity index (χ3n) is 3.22. The van der Waals surface area contributed by atoms with Crippen LogP contribution in [0.2, 0.25) is 0 Å². The van der Waals surface area contributed by atoms with Crippen LogP contribution in [0.15, 0.2) is 18.2 Å². The number of hydrogen-bond acceptors (Lipinski definition) is 2. The quantitative estimate of drug-likeness (QED) is 0.899. The number of aromatic nitrogens is 2. The van der Waals surface area contributed by atoms with Crippen LogP contribution in [0.5, 0.6) is 0 Å². The molecular weight excluding hydrogens is 222 g/mol. The van der Waals surface area contributed by atoms with Crippen molar-refractivity contribution in [3.63, 3.8) is 0 Å². The number of nitrogen functional groups attached to an aromatic ring is 1. The second kappa shape index (κ2) is 4.84. The first kappa shape index (κ1) is 12.7. The molecule has 1 aromatic heterocycles. The zero-order chi connectivity index (χ0) is 13.3. The van der Waals surface area contributed by atoms with Crippen LogP contribution in [-0.2, 0) is 12.8 Å². The lowest BCUT2D eigenvalue weighted by molar-refractivity contribution is 0.793. The Kier molecular flexibility index (Phi) is 3.41. The van der Waals surface area contributed by atoms with E-state index in [2.05, 4.69) is 51.0 Å². The molecule has 2 aromatic rings. The molecule has 0 aliphatic rings. The van der Waals surface area contributed by atoms with Gasteiger partial charge in [0.1, 0.15) is 0 Å². The third-order valence-corrected chi connectivity index (χ3v) is 3.22. The van der Waals surface area contributed by atoms with Gasteiger partial charge in [0.15, 0.2) is 0 Å². The molecular formula is C15H21N3. The van der Waals surface area contributed by atoms with Crippen LogP contribution >= 0.6 is 0 Å². The first-order chi connectivity index (χ1) is 8.56. The van der Waals surface area contributed by atoms with Crippen LogP contribution in [0.25, 0.3) is 5.69 Å². The largest absolute Gasteiger partial charge is 0.396 e. The van der Waals surface area contributed by atoms with E-state index in [0.717, 1.165) is 35.6 Å². The van der Waals surface area contributed by atoms with Gasteiger partial charge in [-0.05, 0) is 49.9 Å². The van der Waals surface area contributed by atoms with Crippen molar-refractivity contribution >= 4 is 5.69 Å². The molecule has 3 nitrogen and oxygen atoms in total. The van der Waals surface area contributed by atoms with E-state index >= 15 is 0 Å². The molecule has 0 fully saturated rings. The topological polar surface area (TPSA) is 43.8 Å². The van der Waals surface area contributed by atoms with Gasteiger partial charge in [0.05, 0.1) is 22.8 Å². The first-order valence-corrected chi connectivity index (χ1v) is 6.51. The van der Waals surface area contributed by atoms with Gasteiger partial charge in [-0.1, -0.05) is 19.9 Å². The molecule has 0 saturated heterocycles. The predicted molar refractivity (Wildman–Crippen MR) is 76.2 cm³/mol. The van der Waals surface area contributed by atoms with Crippen molar-refractivity contribution in [3.05, 3.63) is 40.7 Å². The van der Waals surface area contributed by atoms with E-state index in [1.165, 1.54) is 11.1 Å². The standard InChI is InChI=1S/C15H21N3/c1-5-13-15(16)14(6-2)18(17-13)12-8-10(3)7-11(4)9-12/h7-9H,5-6,16H2,1-4H3. The Balaban J connectivity index is 2.62. The summed E-state index contributed by atoms with van der Waals surface area (Å²) in [5.74, 6) is 0. The lowest BCUT2D eigenvalue weighted by atomic mass is 10.1. The van der Waals surface area contributed by atoms with Crippen molar-refractivity contribution in [2.24, 2.45) is 0 Å². The van der Waals surface area contributed by atoms with Gasteiger partial charge < -0.3 is 5.73 Å². The molecule has 0 aliphatic heterocycles. The lowest BCUT2D eigenvalue weighted by Crippen LogP contribution is -2.03. The molecule has 0 amide bonds. The lowest BCUT2D eigenvalue weighted by Gasteiger charge is -2.08. The number of aryl methyl sites for hydroxylation is 3. The van der Waals surface area contributed by atoms with Gasteiger partial charge in [0.25, 0.3) is 0 Å². The van der Waals surface area contributed by atoms with Crippen molar-refractivity contribution in [1.29, 1.82) is 0 Å². The molecule has 2 N–H and O–H groups in total. The monoisotopic (exact) mass is 243 g/mol. The molecule has 18 heavy (non-hydrogen) atoms. The van der Waals surface area contributed by atoms with Gasteiger partial charge in [0.2, 0.25) is 0 Å². The number of nitrogens with zero attached hydrogens (tertiary/aromatic N) is 2. The normalized spacial score (nSPS) is 10.9. The first-order valence-electron chi connectivity index (χ1n) is 6.51. The maximum absolute atomic E-state index is 6.16. The van der Waals surface area contributed by atoms with Crippen LogP contribution in [-0.4, -0.2) is 9.78 Å². The maximum atomic E-state index is 6.16. The van der Waals surface area contributed by atoms with Gasteiger partial charge in [-0.3, -0.25) is 0 Å². The predicted octanol–water partition coefficient (Wildman–Crippen LogP) is 3.20. The highest BCUT2D eigenvalue weighted by Gasteiger charge is 2.14. The van der Waals surface area contributed by atoms with E-state index in [0.29, 0.717) is 0 Å². The summed E-state index contributed by atoms with van der Waals surface area (Å²) >= 11 is 0. The molecule has 0 aliphatic carbocycles. The second-order valence-electron chi connectivity index (χ2n) is 4.77. The molecule has 0 unspecified atom stereocenters. The summed E-state index contributed by atoms with van der Waals surface area (Å²) in [5.41, 5.74) is 12.7. The number of hydrogen-bond donors (Lipinski definition) is 1. The highest BCUT2D eigenvalue weighted by molar-refractivity contribution is 5.52. The Morgan fingerprint density at radius 3 is 2.17 bits per heavy atom. The molecule has 96 valence electrons. The van der Waals surface area contributed by atoms with E-state index < -0.39 is 0 Å². The van der Waals surface area contributed by atoms with E-state index in [-0.39, 0.29) is 0 Å². The van der Waals surface area contributed by atoms with Crippen LogP contribution in [0, 0.1) is 13.8 Å². The summed E-state index contributed by atoms with van der Waals surface area (Å²) in [6, 6.07) is 6.47. The molecule has 0 spiro atoms. The molecule has 0 atom stereocenters. The fourth-order valence-corrected chi connectivity index (χ4v) is 2.40. The molecule has 1 aromatic carbocycles. The number of nitrogens with two attached hydrogens (primary N) is 1. The Labute approximate surface area is 109 Å². The summed E-state index contributed by atoms with van der Waals surface area (Å²) in [4.78, 5) is 0. The van der Waals surface area contributed by atoms with Gasteiger partial charge in [0, 0.05) is 0 Å². The molecule has 0 radical (unpaired) electrons. The Morgan fingerprint density at radius 1 is 1.06 bits per heavy atom. The molecule has 1 heterocycles. The smallest absolute Gasteiger partial charge is 0.0858 e. The summed E-state index contributed by atoms with van der Waals surface area (Å²) in [6.45, 7) is 8.42. The van der Waals surface area contributed by atoms with Crippen molar-refractivity contribution in [1.82, 2.24) is 9.78 Å². The van der Waals surface area contributed by atoms with Gasteiger partial charge in [-0.15, -0.1) is 0 Å². The van der Waals surface area contributed by atoms with E-state index in [9.17, 15) is 0 Å². The summed E-state index contributed by atoms with van der Waals surface area (Å²) < 4.78 is 1.99. The van der Waals surface area contributed by atoms with Gasteiger partial charge in [-0.25, -0.2) is 4.68 Å². The van der Waals surface area contributed by atoms with Crippen molar-refractivity contribution in [3.8, 4) is 5.69 Å². The average molecular weight is 243 g/mol. The SMILES string of the molecule is CCc1nn(-c2cc(C)cc(C)c2)c(CC)c1N. The fraction of sp³-hybridized carbons (Fsp3) is 0.400. The molecule has 2 rings (SSSR count). The van der Waals surface area contributed by atoms with Gasteiger partial charge in [-0.2, -0.15) is 5.10 Å². The Morgan fingerprint density at radius 2 is 1.67 bits per heavy atom. The zero-order valence-electron chi connectivity index (χ0n) is 11.6. The minimum Gasteiger partial charge on any atom is -0.396 e. The molecule has 0 saturated carbocycles. The zero-order valence-corrected chi connectivity index (χ0v) is 11.6. The van der Waals surface area contributed by atoms with Crippen LogP contribution in [0.4, 0.5) is 5.69 Å². The number of rotatable bonds is 3. The second-order valence-corrected chi connectivity index (χ2v) is 4.77. The average Bonchev–Trinajstić information content (AvgIpc) is 2.64. The number of benzene rings is 1.